The number of aromatic carboxylic acids is 1. The second-order valence-electron chi connectivity index (χ2n) is 4.48. The lowest BCUT2D eigenvalue weighted by Crippen LogP contribution is -2.17. The molecule has 1 aromatic carbocycles. The maximum absolute atomic E-state index is 11.0. The fourth-order valence-corrected chi connectivity index (χ4v) is 1.94. The van der Waals surface area contributed by atoms with Crippen LogP contribution in [0.5, 0.6) is 0 Å². The third-order valence-corrected chi connectivity index (χ3v) is 3.02. The Morgan fingerprint density at radius 1 is 1.33 bits per heavy atom. The molecule has 2 rings (SSSR count). The maximum atomic E-state index is 11.0. The number of carboxylic acids is 1. The zero-order chi connectivity index (χ0) is 15.4. The van der Waals surface area contributed by atoms with Gasteiger partial charge in [-0.15, -0.1) is 0 Å². The lowest BCUT2D eigenvalue weighted by Gasteiger charge is -2.19. The first kappa shape index (κ1) is 14.4. The van der Waals surface area contributed by atoms with Crippen LogP contribution >= 0.6 is 0 Å². The number of pyridine rings is 1. The number of rotatable bonds is 5. The molecule has 0 amide bonds. The number of aromatic nitrogens is 1. The normalized spacial score (nSPS) is 10.1. The van der Waals surface area contributed by atoms with Crippen molar-refractivity contribution in [2.45, 2.75) is 6.54 Å². The highest BCUT2D eigenvalue weighted by Crippen LogP contribution is 2.26. The first-order valence-electron chi connectivity index (χ1n) is 6.11. The third-order valence-electron chi connectivity index (χ3n) is 3.02. The predicted molar refractivity (Wildman–Crippen MR) is 76.4 cm³/mol. The number of hydrogen-bond acceptors (Lipinski definition) is 5. The highest BCUT2D eigenvalue weighted by molar-refractivity contribution is 5.93. The van der Waals surface area contributed by atoms with E-state index >= 15 is 0 Å². The maximum Gasteiger partial charge on any atom is 0.342 e. The van der Waals surface area contributed by atoms with E-state index in [1.54, 1.807) is 30.4 Å². The van der Waals surface area contributed by atoms with Crippen molar-refractivity contribution >= 4 is 17.3 Å². The molecule has 108 valence electrons. The largest absolute Gasteiger partial charge is 0.477 e. The Morgan fingerprint density at radius 3 is 2.57 bits per heavy atom. The van der Waals surface area contributed by atoms with Crippen LogP contribution in [0.3, 0.4) is 0 Å². The Morgan fingerprint density at radius 2 is 2.00 bits per heavy atom. The van der Waals surface area contributed by atoms with E-state index < -0.39 is 16.6 Å². The van der Waals surface area contributed by atoms with Crippen LogP contribution in [0, 0.1) is 10.1 Å². The zero-order valence-electron chi connectivity index (χ0n) is 11.3. The van der Waals surface area contributed by atoms with Gasteiger partial charge in [0.1, 0.15) is 5.56 Å². The minimum absolute atomic E-state index is 0.318. The summed E-state index contributed by atoms with van der Waals surface area (Å²) in [4.78, 5) is 27.0. The van der Waals surface area contributed by atoms with Gasteiger partial charge in [-0.1, -0.05) is 0 Å². The molecule has 1 heterocycles. The van der Waals surface area contributed by atoms with Gasteiger partial charge in [0.25, 0.3) is 5.69 Å². The number of carbonyl (C=O) groups is 1. The van der Waals surface area contributed by atoms with Crippen LogP contribution < -0.4 is 4.90 Å². The van der Waals surface area contributed by atoms with Crippen molar-refractivity contribution in [2.24, 2.45) is 0 Å². The second-order valence-corrected chi connectivity index (χ2v) is 4.48. The van der Waals surface area contributed by atoms with Gasteiger partial charge in [-0.25, -0.2) is 4.79 Å². The van der Waals surface area contributed by atoms with Gasteiger partial charge >= 0.3 is 5.97 Å². The smallest absolute Gasteiger partial charge is 0.342 e. The third kappa shape index (κ3) is 3.33. The average Bonchev–Trinajstić information content (AvgIpc) is 2.47. The molecule has 0 aliphatic rings. The van der Waals surface area contributed by atoms with E-state index in [-0.39, 0.29) is 5.56 Å². The van der Waals surface area contributed by atoms with E-state index in [4.69, 9.17) is 5.11 Å². The number of nitro benzene ring substituents is 1. The van der Waals surface area contributed by atoms with Gasteiger partial charge in [-0.2, -0.15) is 0 Å². The van der Waals surface area contributed by atoms with E-state index in [9.17, 15) is 14.9 Å². The second kappa shape index (κ2) is 6.00. The zero-order valence-corrected chi connectivity index (χ0v) is 11.3. The van der Waals surface area contributed by atoms with Gasteiger partial charge in [0.05, 0.1) is 4.92 Å². The summed E-state index contributed by atoms with van der Waals surface area (Å²) in [7, 11) is 1.78. The standard InChI is InChI=1S/C14H13N3O4/c1-16(9-10-4-6-15-7-5-10)11-2-3-12(14(18)19)13(8-11)17(20)21/h2-8H,9H2,1H3,(H,18,19). The Balaban J connectivity index is 2.30. The van der Waals surface area contributed by atoms with Gasteiger partial charge < -0.3 is 10.0 Å². The monoisotopic (exact) mass is 287 g/mol. The minimum atomic E-state index is -1.31. The highest BCUT2D eigenvalue weighted by atomic mass is 16.6. The van der Waals surface area contributed by atoms with Crippen LogP contribution in [0.2, 0.25) is 0 Å². The number of carboxylic acid groups (broad SMARTS) is 1. The van der Waals surface area contributed by atoms with Crippen molar-refractivity contribution in [1.82, 2.24) is 4.98 Å². The fourth-order valence-electron chi connectivity index (χ4n) is 1.94. The summed E-state index contributed by atoms with van der Waals surface area (Å²) in [5.41, 5.74) is 0.837. The molecule has 7 nitrogen and oxygen atoms in total. The van der Waals surface area contributed by atoms with E-state index in [1.807, 2.05) is 12.1 Å². The SMILES string of the molecule is CN(Cc1ccncc1)c1ccc(C(=O)O)c([N+](=O)[O-])c1. The summed E-state index contributed by atoms with van der Waals surface area (Å²) in [6, 6.07) is 7.76. The Labute approximate surface area is 120 Å². The summed E-state index contributed by atoms with van der Waals surface area (Å²) < 4.78 is 0. The molecule has 1 N–H and O–H groups in total. The molecular weight excluding hydrogens is 274 g/mol. The summed E-state index contributed by atoms with van der Waals surface area (Å²) in [5.74, 6) is -1.31. The Bertz CT molecular complexity index is 673. The van der Waals surface area contributed by atoms with Crippen molar-refractivity contribution in [3.8, 4) is 0 Å². The van der Waals surface area contributed by atoms with Gasteiger partial charge in [-0.05, 0) is 29.8 Å². The Hall–Kier alpha value is -2.96. The minimum Gasteiger partial charge on any atom is -0.477 e. The summed E-state index contributed by atoms with van der Waals surface area (Å²) in [6.07, 6.45) is 3.33. The van der Waals surface area contributed by atoms with E-state index in [1.165, 1.54) is 12.1 Å². The van der Waals surface area contributed by atoms with Gasteiger partial charge in [0, 0.05) is 37.7 Å². The van der Waals surface area contributed by atoms with E-state index in [2.05, 4.69) is 4.98 Å². The fraction of sp³-hybridized carbons (Fsp3) is 0.143. The van der Waals surface area contributed by atoms with Crippen LogP contribution in [0.1, 0.15) is 15.9 Å². The lowest BCUT2D eigenvalue weighted by molar-refractivity contribution is -0.385. The van der Waals surface area contributed by atoms with Gasteiger partial charge in [0.2, 0.25) is 0 Å². The molecular formula is C14H13N3O4. The average molecular weight is 287 g/mol. The first-order valence-corrected chi connectivity index (χ1v) is 6.11. The molecule has 0 radical (unpaired) electrons. The number of nitro groups is 1. The summed E-state index contributed by atoms with van der Waals surface area (Å²) in [6.45, 7) is 0.534. The molecule has 0 saturated carbocycles. The van der Waals surface area contributed by atoms with Crippen molar-refractivity contribution in [3.05, 3.63) is 64.0 Å². The van der Waals surface area contributed by atoms with Crippen LogP contribution in [0.25, 0.3) is 0 Å². The summed E-state index contributed by atoms with van der Waals surface area (Å²) >= 11 is 0. The highest BCUT2D eigenvalue weighted by Gasteiger charge is 2.21. The molecule has 0 saturated heterocycles. The molecule has 0 aliphatic heterocycles. The van der Waals surface area contributed by atoms with Gasteiger partial charge in [-0.3, -0.25) is 15.1 Å². The number of hydrogen-bond donors (Lipinski definition) is 1. The first-order chi connectivity index (χ1) is 9.99. The summed E-state index contributed by atoms with van der Waals surface area (Å²) in [5, 5.41) is 19.9. The van der Waals surface area contributed by atoms with Crippen molar-refractivity contribution in [2.75, 3.05) is 11.9 Å². The molecule has 1 aromatic heterocycles. The molecule has 0 aliphatic carbocycles. The van der Waals surface area contributed by atoms with Crippen LogP contribution in [0.15, 0.2) is 42.7 Å². The molecule has 0 unspecified atom stereocenters. The van der Waals surface area contributed by atoms with Crippen molar-refractivity contribution < 1.29 is 14.8 Å². The molecule has 0 spiro atoms. The molecule has 21 heavy (non-hydrogen) atoms. The van der Waals surface area contributed by atoms with Crippen molar-refractivity contribution in [1.29, 1.82) is 0 Å². The number of nitrogens with zero attached hydrogens (tertiary/aromatic N) is 3. The number of anilines is 1. The lowest BCUT2D eigenvalue weighted by atomic mass is 10.1. The molecule has 2 aromatic rings. The number of benzene rings is 1. The van der Waals surface area contributed by atoms with E-state index in [0.717, 1.165) is 5.56 Å². The molecule has 7 heteroatoms. The molecule has 0 fully saturated rings. The van der Waals surface area contributed by atoms with E-state index in [0.29, 0.717) is 12.2 Å². The molecule has 0 atom stereocenters. The van der Waals surface area contributed by atoms with Gasteiger partial charge in [0.15, 0.2) is 0 Å². The van der Waals surface area contributed by atoms with Crippen molar-refractivity contribution in [3.63, 3.8) is 0 Å². The van der Waals surface area contributed by atoms with Crippen LogP contribution in [-0.4, -0.2) is 28.0 Å². The molecule has 0 bridgehead atoms. The topological polar surface area (TPSA) is 96.6 Å². The van der Waals surface area contributed by atoms with Crippen LogP contribution in [0.4, 0.5) is 11.4 Å². The quantitative estimate of drug-likeness (QED) is 0.669. The van der Waals surface area contributed by atoms with Crippen LogP contribution in [-0.2, 0) is 6.54 Å². The predicted octanol–water partition coefficient (Wildman–Crippen LogP) is 2.32. The Kier molecular flexibility index (Phi) is 4.13.